The van der Waals surface area contributed by atoms with Gasteiger partial charge in [-0.2, -0.15) is 0 Å². The first kappa shape index (κ1) is 26.9. The van der Waals surface area contributed by atoms with Gasteiger partial charge in [0.1, 0.15) is 0 Å². The zero-order valence-electron chi connectivity index (χ0n) is 21.1. The number of benzene rings is 2. The van der Waals surface area contributed by atoms with Gasteiger partial charge >= 0.3 is 6.36 Å². The van der Waals surface area contributed by atoms with Gasteiger partial charge in [-0.05, 0) is 78.2 Å². The Hall–Kier alpha value is -2.11. The average molecular weight is 509 g/mol. The van der Waals surface area contributed by atoms with Crippen LogP contribution in [0.25, 0.3) is 11.1 Å². The zero-order chi connectivity index (χ0) is 25.7. The summed E-state index contributed by atoms with van der Waals surface area (Å²) in [5, 5.41) is 0. The molecular formula is C30H37F5O. The highest BCUT2D eigenvalue weighted by molar-refractivity contribution is 5.65. The molecule has 0 atom stereocenters. The van der Waals surface area contributed by atoms with Gasteiger partial charge in [0.05, 0.1) is 0 Å². The molecule has 0 saturated heterocycles. The third-order valence-corrected chi connectivity index (χ3v) is 8.39. The van der Waals surface area contributed by atoms with Crippen molar-refractivity contribution in [1.29, 1.82) is 0 Å². The molecule has 2 aromatic carbocycles. The molecule has 2 aliphatic carbocycles. The van der Waals surface area contributed by atoms with E-state index >= 15 is 0 Å². The third kappa shape index (κ3) is 7.45. The third-order valence-electron chi connectivity index (χ3n) is 8.39. The summed E-state index contributed by atoms with van der Waals surface area (Å²) in [4.78, 5) is 0. The SMILES string of the molecule is CC1CCC(CCCCC2CCC(c3ccc(-c4cc(F)c(OC(F)(F)F)c(F)c4)cc3)CC2)CC1. The van der Waals surface area contributed by atoms with E-state index in [1.165, 1.54) is 69.8 Å². The lowest BCUT2D eigenvalue weighted by atomic mass is 9.76. The molecular weight excluding hydrogens is 471 g/mol. The molecule has 2 aliphatic rings. The monoisotopic (exact) mass is 508 g/mol. The van der Waals surface area contributed by atoms with Crippen molar-refractivity contribution in [1.82, 2.24) is 0 Å². The first-order valence-electron chi connectivity index (χ1n) is 13.5. The van der Waals surface area contributed by atoms with Gasteiger partial charge in [0.15, 0.2) is 11.6 Å². The smallest absolute Gasteiger partial charge is 0.399 e. The number of ether oxygens (including phenoxy) is 1. The normalized spacial score (nSPS) is 25.1. The maximum atomic E-state index is 14.1. The molecule has 0 amide bonds. The second-order valence-electron chi connectivity index (χ2n) is 11.1. The van der Waals surface area contributed by atoms with Gasteiger partial charge in [0.2, 0.25) is 5.75 Å². The molecule has 2 fully saturated rings. The Kier molecular flexibility index (Phi) is 8.95. The van der Waals surface area contributed by atoms with Gasteiger partial charge in [-0.15, -0.1) is 13.2 Å². The molecule has 36 heavy (non-hydrogen) atoms. The molecule has 0 radical (unpaired) electrons. The Bertz CT molecular complexity index is 945. The lowest BCUT2D eigenvalue weighted by Gasteiger charge is -2.29. The highest BCUT2D eigenvalue weighted by Crippen LogP contribution is 2.39. The number of hydrogen-bond donors (Lipinski definition) is 0. The molecule has 4 rings (SSSR count). The largest absolute Gasteiger partial charge is 0.573 e. The zero-order valence-corrected chi connectivity index (χ0v) is 21.1. The lowest BCUT2D eigenvalue weighted by molar-refractivity contribution is -0.276. The highest BCUT2D eigenvalue weighted by atomic mass is 19.4. The number of rotatable bonds is 8. The molecule has 2 saturated carbocycles. The molecule has 0 spiro atoms. The summed E-state index contributed by atoms with van der Waals surface area (Å²) in [6.07, 6.45) is 10.7. The van der Waals surface area contributed by atoms with E-state index in [0.717, 1.165) is 42.7 Å². The molecule has 0 unspecified atom stereocenters. The summed E-state index contributed by atoms with van der Waals surface area (Å²) in [5.74, 6) is -1.00. The molecule has 0 aromatic heterocycles. The van der Waals surface area contributed by atoms with Crippen molar-refractivity contribution in [3.8, 4) is 16.9 Å². The fourth-order valence-corrected chi connectivity index (χ4v) is 6.16. The lowest BCUT2D eigenvalue weighted by Crippen LogP contribution is -2.19. The summed E-state index contributed by atoms with van der Waals surface area (Å²) in [6.45, 7) is 2.38. The van der Waals surface area contributed by atoms with Gasteiger partial charge in [-0.3, -0.25) is 0 Å². The van der Waals surface area contributed by atoms with Crippen molar-refractivity contribution in [2.45, 2.75) is 96.3 Å². The van der Waals surface area contributed by atoms with Crippen molar-refractivity contribution >= 4 is 0 Å². The van der Waals surface area contributed by atoms with Crippen LogP contribution in [0.4, 0.5) is 22.0 Å². The van der Waals surface area contributed by atoms with Gasteiger partial charge in [-0.1, -0.05) is 82.6 Å². The first-order valence-corrected chi connectivity index (χ1v) is 13.5. The van der Waals surface area contributed by atoms with Crippen molar-refractivity contribution in [3.63, 3.8) is 0 Å². The second-order valence-corrected chi connectivity index (χ2v) is 11.1. The Morgan fingerprint density at radius 3 is 1.72 bits per heavy atom. The molecule has 6 heteroatoms. The van der Waals surface area contributed by atoms with Crippen molar-refractivity contribution in [2.75, 3.05) is 0 Å². The minimum absolute atomic E-state index is 0.178. The van der Waals surface area contributed by atoms with E-state index in [0.29, 0.717) is 11.5 Å². The summed E-state index contributed by atoms with van der Waals surface area (Å²) in [5.41, 5.74) is 1.94. The molecule has 0 heterocycles. The van der Waals surface area contributed by atoms with E-state index in [1.54, 1.807) is 12.1 Å². The summed E-state index contributed by atoms with van der Waals surface area (Å²) in [7, 11) is 0. The number of unbranched alkanes of at least 4 members (excludes halogenated alkanes) is 1. The van der Waals surface area contributed by atoms with Crippen LogP contribution in [0.5, 0.6) is 5.75 Å². The van der Waals surface area contributed by atoms with Crippen molar-refractivity contribution in [2.24, 2.45) is 17.8 Å². The van der Waals surface area contributed by atoms with Crippen LogP contribution in [0.1, 0.15) is 95.5 Å². The van der Waals surface area contributed by atoms with Crippen LogP contribution in [0.15, 0.2) is 36.4 Å². The van der Waals surface area contributed by atoms with Crippen LogP contribution >= 0.6 is 0 Å². The van der Waals surface area contributed by atoms with Gasteiger partial charge < -0.3 is 4.74 Å². The van der Waals surface area contributed by atoms with E-state index in [4.69, 9.17) is 0 Å². The standard InChI is InChI=1S/C30H37F5O/c1-20-6-8-21(9-7-20)4-2-3-5-22-10-12-23(13-11-22)24-14-16-25(17-15-24)26-18-27(31)29(28(32)19-26)36-30(33,34)35/h14-23H,2-13H2,1H3. The van der Waals surface area contributed by atoms with Crippen LogP contribution < -0.4 is 4.74 Å². The Morgan fingerprint density at radius 2 is 1.22 bits per heavy atom. The van der Waals surface area contributed by atoms with E-state index < -0.39 is 23.7 Å². The first-order chi connectivity index (χ1) is 17.2. The van der Waals surface area contributed by atoms with Crippen LogP contribution in [-0.2, 0) is 0 Å². The van der Waals surface area contributed by atoms with Gasteiger partial charge in [0, 0.05) is 0 Å². The van der Waals surface area contributed by atoms with E-state index in [-0.39, 0.29) is 5.56 Å². The minimum atomic E-state index is -5.16. The van der Waals surface area contributed by atoms with Gasteiger partial charge in [-0.25, -0.2) is 8.78 Å². The topological polar surface area (TPSA) is 9.23 Å². The van der Waals surface area contributed by atoms with Gasteiger partial charge in [0.25, 0.3) is 0 Å². The predicted molar refractivity (Wildman–Crippen MR) is 133 cm³/mol. The minimum Gasteiger partial charge on any atom is -0.399 e. The number of halogens is 5. The Balaban J connectivity index is 1.24. The fraction of sp³-hybridized carbons (Fsp3) is 0.600. The predicted octanol–water partition coefficient (Wildman–Crippen LogP) is 10.2. The Labute approximate surface area is 211 Å². The average Bonchev–Trinajstić information content (AvgIpc) is 2.85. The van der Waals surface area contributed by atoms with Crippen molar-refractivity contribution in [3.05, 3.63) is 53.6 Å². The summed E-state index contributed by atoms with van der Waals surface area (Å²) in [6, 6.07) is 9.26. The summed E-state index contributed by atoms with van der Waals surface area (Å²) >= 11 is 0. The fourth-order valence-electron chi connectivity index (χ4n) is 6.16. The Morgan fingerprint density at radius 1 is 0.722 bits per heavy atom. The van der Waals surface area contributed by atoms with Crippen LogP contribution in [0.2, 0.25) is 0 Å². The molecule has 2 aromatic rings. The van der Waals surface area contributed by atoms with E-state index in [1.807, 2.05) is 12.1 Å². The highest BCUT2D eigenvalue weighted by Gasteiger charge is 2.34. The van der Waals surface area contributed by atoms with Crippen LogP contribution in [0, 0.1) is 29.4 Å². The van der Waals surface area contributed by atoms with E-state index in [2.05, 4.69) is 11.7 Å². The molecule has 198 valence electrons. The molecule has 1 nitrogen and oxygen atoms in total. The maximum Gasteiger partial charge on any atom is 0.573 e. The van der Waals surface area contributed by atoms with Crippen LogP contribution in [0.3, 0.4) is 0 Å². The quantitative estimate of drug-likeness (QED) is 0.255. The maximum absolute atomic E-state index is 14.1. The van der Waals surface area contributed by atoms with E-state index in [9.17, 15) is 22.0 Å². The molecule has 0 N–H and O–H groups in total. The number of alkyl halides is 3. The summed E-state index contributed by atoms with van der Waals surface area (Å²) < 4.78 is 68.8. The molecule has 0 bridgehead atoms. The second kappa shape index (κ2) is 12.0. The van der Waals surface area contributed by atoms with Crippen LogP contribution in [-0.4, -0.2) is 6.36 Å². The number of hydrogen-bond acceptors (Lipinski definition) is 1. The molecule has 0 aliphatic heterocycles. The van der Waals surface area contributed by atoms with Crippen molar-refractivity contribution < 1.29 is 26.7 Å².